The first-order valence-corrected chi connectivity index (χ1v) is 28.2. The summed E-state index contributed by atoms with van der Waals surface area (Å²) in [5.41, 5.74) is 0.687. The molecule has 7 N–H and O–H groups in total. The number of unbranched alkanes of at least 4 members (excludes halogenated alkanes) is 21. The maximum absolute atomic E-state index is 12.4. The van der Waals surface area contributed by atoms with E-state index >= 15 is 0 Å². The summed E-state index contributed by atoms with van der Waals surface area (Å²) >= 11 is 0. The van der Waals surface area contributed by atoms with Gasteiger partial charge in [-0.3, -0.25) is 48.6 Å². The Balaban J connectivity index is 3.60. The molecule has 1 unspecified atom stereocenters. The molecule has 19 nitrogen and oxygen atoms in total. The van der Waals surface area contributed by atoms with E-state index in [1.165, 1.54) is 71.1 Å². The summed E-state index contributed by atoms with van der Waals surface area (Å²) in [7, 11) is 2.05. The third-order valence-corrected chi connectivity index (χ3v) is 12.9. The van der Waals surface area contributed by atoms with Gasteiger partial charge >= 0.3 is 7.82 Å². The predicted octanol–water partition coefficient (Wildman–Crippen LogP) is 8.54. The zero-order valence-electron chi connectivity index (χ0n) is 44.1. The Hall–Kier alpha value is -3.16. The standard InChI is InChI=1S/C50H98N7O12P/c1-45(51-36-24-20-28-41-56(65)50(62)35-33-48(60)53-38-25-21-27-39-54(63)46(2)58)32-34-49(61)55(64)40-29-22-26-37-52-47(59)31-23-18-16-14-12-10-8-6-7-9-11-13-15-17-19-30-43-68-70(66,67)69-44-42-57(3,4)5/h51,63-65H,1,6-44H2,2-5H3,(H2-,52,53,59,60,66,67)/p+1. The highest BCUT2D eigenvalue weighted by atomic mass is 31.2. The Bertz CT molecular complexity index is 1450. The smallest absolute Gasteiger partial charge is 0.389 e. The van der Waals surface area contributed by atoms with Crippen LogP contribution in [-0.4, -0.2) is 150 Å². The highest BCUT2D eigenvalue weighted by molar-refractivity contribution is 7.47. The fraction of sp³-hybridized carbons (Fsp3) is 0.860. The van der Waals surface area contributed by atoms with Crippen LogP contribution in [0.5, 0.6) is 0 Å². The second-order valence-electron chi connectivity index (χ2n) is 19.6. The molecule has 70 heavy (non-hydrogen) atoms. The van der Waals surface area contributed by atoms with Crippen molar-refractivity contribution in [1.82, 2.24) is 31.1 Å². The van der Waals surface area contributed by atoms with Gasteiger partial charge in [0.15, 0.2) is 0 Å². The number of quaternary nitrogens is 1. The molecule has 0 aliphatic heterocycles. The third kappa shape index (κ3) is 44.8. The van der Waals surface area contributed by atoms with Gasteiger partial charge in [-0.15, -0.1) is 0 Å². The normalized spacial score (nSPS) is 12.3. The molecule has 0 radical (unpaired) electrons. The molecule has 5 amide bonds. The number of allylic oxidation sites excluding steroid dienone is 1. The fourth-order valence-corrected chi connectivity index (χ4v) is 8.08. The minimum absolute atomic E-state index is 0.0277. The second-order valence-corrected chi connectivity index (χ2v) is 21.1. The molecule has 0 aromatic carbocycles. The zero-order chi connectivity index (χ0) is 52.3. The molecule has 0 fully saturated rings. The monoisotopic (exact) mass is 1020 g/mol. The van der Waals surface area contributed by atoms with Gasteiger partial charge in [-0.2, -0.15) is 0 Å². The van der Waals surface area contributed by atoms with Crippen molar-refractivity contribution in [3.05, 3.63) is 12.3 Å². The lowest BCUT2D eigenvalue weighted by molar-refractivity contribution is -0.870. The van der Waals surface area contributed by atoms with E-state index in [1.54, 1.807) is 0 Å². The fourth-order valence-electron chi connectivity index (χ4n) is 7.33. The number of nitrogens with zero attached hydrogens (tertiary/aromatic N) is 4. The Kier molecular flexibility index (Phi) is 41.5. The van der Waals surface area contributed by atoms with Gasteiger partial charge in [0.1, 0.15) is 13.2 Å². The van der Waals surface area contributed by atoms with Crippen molar-refractivity contribution in [3.8, 4) is 0 Å². The molecular weight excluding hydrogens is 922 g/mol. The van der Waals surface area contributed by atoms with Crippen LogP contribution >= 0.6 is 7.82 Å². The molecule has 410 valence electrons. The third-order valence-electron chi connectivity index (χ3n) is 11.9. The molecule has 0 bridgehead atoms. The predicted molar refractivity (Wildman–Crippen MR) is 272 cm³/mol. The summed E-state index contributed by atoms with van der Waals surface area (Å²) < 4.78 is 22.7. The van der Waals surface area contributed by atoms with Gasteiger partial charge in [-0.25, -0.2) is 19.8 Å². The van der Waals surface area contributed by atoms with E-state index in [0.29, 0.717) is 85.0 Å². The van der Waals surface area contributed by atoms with Gasteiger partial charge in [0.2, 0.25) is 29.5 Å². The number of rotatable bonds is 49. The van der Waals surface area contributed by atoms with Gasteiger partial charge in [0.25, 0.3) is 0 Å². The molecule has 0 spiro atoms. The number of amides is 5. The van der Waals surface area contributed by atoms with E-state index in [4.69, 9.17) is 9.05 Å². The van der Waals surface area contributed by atoms with Gasteiger partial charge in [-0.05, 0) is 77.0 Å². The average Bonchev–Trinajstić information content (AvgIpc) is 3.30. The lowest BCUT2D eigenvalue weighted by atomic mass is 10.0. The van der Waals surface area contributed by atoms with Crippen molar-refractivity contribution >= 4 is 37.4 Å². The van der Waals surface area contributed by atoms with Crippen molar-refractivity contribution in [2.24, 2.45) is 0 Å². The lowest BCUT2D eigenvalue weighted by Crippen LogP contribution is -2.37. The molecule has 20 heteroatoms. The van der Waals surface area contributed by atoms with Gasteiger partial charge in [0, 0.05) is 77.6 Å². The number of nitrogens with one attached hydrogen (secondary N) is 3. The van der Waals surface area contributed by atoms with Crippen molar-refractivity contribution in [1.29, 1.82) is 0 Å². The average molecular weight is 1020 g/mol. The maximum Gasteiger partial charge on any atom is 0.472 e. The Morgan fingerprint density at radius 3 is 1.27 bits per heavy atom. The van der Waals surface area contributed by atoms with Crippen LogP contribution in [0.15, 0.2) is 12.3 Å². The van der Waals surface area contributed by atoms with Crippen molar-refractivity contribution < 1.29 is 62.6 Å². The van der Waals surface area contributed by atoms with Crippen LogP contribution in [-0.2, 0) is 37.6 Å². The van der Waals surface area contributed by atoms with Gasteiger partial charge in [0.05, 0.1) is 27.7 Å². The van der Waals surface area contributed by atoms with Crippen molar-refractivity contribution in [3.63, 3.8) is 0 Å². The summed E-state index contributed by atoms with van der Waals surface area (Å²) in [6.07, 6.45) is 25.8. The highest BCUT2D eigenvalue weighted by Crippen LogP contribution is 2.43. The first kappa shape index (κ1) is 66.8. The number of hydroxylamine groups is 6. The molecule has 0 aromatic rings. The number of likely N-dealkylation sites (N-methyl/N-ethyl adjacent to an activating group) is 1. The van der Waals surface area contributed by atoms with Crippen molar-refractivity contribution in [2.75, 3.05) is 80.2 Å². The Morgan fingerprint density at radius 2 is 0.829 bits per heavy atom. The number of carbonyl (C=O) groups is 5. The van der Waals surface area contributed by atoms with Crippen LogP contribution in [0, 0.1) is 0 Å². The highest BCUT2D eigenvalue weighted by Gasteiger charge is 2.22. The van der Waals surface area contributed by atoms with E-state index in [9.17, 15) is 49.1 Å². The van der Waals surface area contributed by atoms with Gasteiger partial charge < -0.3 is 25.3 Å². The first-order valence-electron chi connectivity index (χ1n) is 26.7. The molecule has 0 saturated heterocycles. The maximum atomic E-state index is 12.4. The first-order chi connectivity index (χ1) is 33.3. The summed E-state index contributed by atoms with van der Waals surface area (Å²) in [5.74, 6) is -1.51. The molecule has 0 aliphatic carbocycles. The number of phosphoric acid groups is 1. The Morgan fingerprint density at radius 1 is 0.471 bits per heavy atom. The molecule has 0 aromatic heterocycles. The summed E-state index contributed by atoms with van der Waals surface area (Å²) in [5, 5.41) is 40.5. The summed E-state index contributed by atoms with van der Waals surface area (Å²) in [6.45, 7) is 8.58. The molecular formula is C50H99N7O12P+. The molecule has 1 atom stereocenters. The van der Waals surface area contributed by atoms with Crippen LogP contribution in [0.25, 0.3) is 0 Å². The van der Waals surface area contributed by atoms with Crippen LogP contribution in [0.4, 0.5) is 0 Å². The molecule has 0 heterocycles. The Labute approximate surface area is 421 Å². The molecule has 0 rings (SSSR count). The van der Waals surface area contributed by atoms with E-state index in [-0.39, 0.29) is 69.8 Å². The SMILES string of the molecule is C=C(CCC(=O)N(O)CCCCCNC(=O)CCCCCCCCCCCCCCCCCCOP(=O)(O)OCC[N+](C)(C)C)NCCCCCN(O)C(=O)CCC(=O)NCCCCCN(O)C(C)=O. The topological polar surface area (TPSA) is 248 Å². The number of phosphoric ester groups is 1. The quantitative estimate of drug-likeness (QED) is 0.00994. The number of carbonyl (C=O) groups excluding carboxylic acids is 5. The number of hydrogen-bond acceptors (Lipinski definition) is 12. The van der Waals surface area contributed by atoms with Gasteiger partial charge in [-0.1, -0.05) is 96.5 Å². The summed E-state index contributed by atoms with van der Waals surface area (Å²) in [6, 6.07) is 0. The van der Waals surface area contributed by atoms with E-state index in [2.05, 4.69) is 22.5 Å². The van der Waals surface area contributed by atoms with E-state index in [1.807, 2.05) is 21.1 Å². The van der Waals surface area contributed by atoms with E-state index in [0.717, 1.165) is 75.7 Å². The van der Waals surface area contributed by atoms with Crippen LogP contribution < -0.4 is 16.0 Å². The van der Waals surface area contributed by atoms with Crippen LogP contribution in [0.3, 0.4) is 0 Å². The second kappa shape index (κ2) is 43.4. The molecule has 0 saturated carbocycles. The van der Waals surface area contributed by atoms with Crippen LogP contribution in [0.2, 0.25) is 0 Å². The van der Waals surface area contributed by atoms with E-state index < -0.39 is 19.6 Å². The zero-order valence-corrected chi connectivity index (χ0v) is 45.0. The van der Waals surface area contributed by atoms with Crippen molar-refractivity contribution in [2.45, 2.75) is 200 Å². The minimum atomic E-state index is -3.95. The largest absolute Gasteiger partial charge is 0.472 e. The minimum Gasteiger partial charge on any atom is -0.389 e. The summed E-state index contributed by atoms with van der Waals surface area (Å²) in [4.78, 5) is 69.5. The number of hydrogen-bond donors (Lipinski definition) is 7. The molecule has 0 aliphatic rings. The lowest BCUT2D eigenvalue weighted by Gasteiger charge is -2.24. The van der Waals surface area contributed by atoms with Crippen LogP contribution in [0.1, 0.15) is 200 Å².